The summed E-state index contributed by atoms with van der Waals surface area (Å²) in [4.78, 5) is 26.0. The van der Waals surface area contributed by atoms with Crippen LogP contribution in [0.4, 0.5) is 0 Å². The van der Waals surface area contributed by atoms with E-state index in [1.807, 2.05) is 43.3 Å². The molecule has 2 aromatic carbocycles. The Morgan fingerprint density at radius 2 is 1.97 bits per heavy atom. The Hall–Kier alpha value is -3.26. The number of carbonyl (C=O) groups excluding carboxylic acids is 1. The van der Waals surface area contributed by atoms with Gasteiger partial charge in [-0.05, 0) is 36.2 Å². The first-order valence-corrected chi connectivity index (χ1v) is 9.56. The summed E-state index contributed by atoms with van der Waals surface area (Å²) >= 11 is 0. The maximum Gasteiger partial charge on any atom is 0.322 e. The van der Waals surface area contributed by atoms with Crippen LogP contribution in [-0.4, -0.2) is 49.2 Å². The van der Waals surface area contributed by atoms with E-state index in [0.717, 1.165) is 16.3 Å². The Morgan fingerprint density at radius 1 is 1.21 bits per heavy atom. The van der Waals surface area contributed by atoms with Crippen LogP contribution < -0.4 is 5.32 Å². The van der Waals surface area contributed by atoms with Gasteiger partial charge in [0.1, 0.15) is 17.7 Å². The molecule has 8 heteroatoms. The average Bonchev–Trinajstić information content (AvgIpc) is 3.06. The molecule has 2 atom stereocenters. The summed E-state index contributed by atoms with van der Waals surface area (Å²) in [7, 11) is 0. The summed E-state index contributed by atoms with van der Waals surface area (Å²) in [5, 5.41) is 23.0. The van der Waals surface area contributed by atoms with Gasteiger partial charge in [0.05, 0.1) is 25.7 Å². The molecule has 150 valence electrons. The lowest BCUT2D eigenvalue weighted by molar-refractivity contribution is -0.145. The van der Waals surface area contributed by atoms with Crippen molar-refractivity contribution in [2.24, 2.45) is 0 Å². The Balaban J connectivity index is 1.45. The second-order valence-corrected chi connectivity index (χ2v) is 7.43. The smallest absolute Gasteiger partial charge is 0.322 e. The number of carboxylic acid groups (broad SMARTS) is 1. The van der Waals surface area contributed by atoms with Gasteiger partial charge in [-0.15, -0.1) is 10.2 Å². The standard InChI is InChI=1S/C21H23N5O3/c1-13(16-8-7-15-5-3-4-6-17(15)9-16)22-20(27)12-25-11-19-24-23-14(2)26(19)10-18(25)21(28)29/h3-9,13,18H,10-12H2,1-2H3,(H,22,27)(H,28,29). The molecule has 0 saturated heterocycles. The van der Waals surface area contributed by atoms with Gasteiger partial charge < -0.3 is 15.0 Å². The number of benzene rings is 2. The molecule has 0 aliphatic carbocycles. The number of amides is 1. The van der Waals surface area contributed by atoms with Gasteiger partial charge in [0.15, 0.2) is 0 Å². The number of nitrogens with zero attached hydrogens (tertiary/aromatic N) is 4. The first-order valence-electron chi connectivity index (χ1n) is 9.56. The zero-order valence-corrected chi connectivity index (χ0v) is 16.4. The number of nitrogens with one attached hydrogen (secondary N) is 1. The molecule has 0 saturated carbocycles. The number of fused-ring (bicyclic) bond motifs is 2. The molecule has 2 unspecified atom stereocenters. The van der Waals surface area contributed by atoms with Crippen LogP contribution in [0, 0.1) is 6.92 Å². The minimum atomic E-state index is -0.959. The Kier molecular flexibility index (Phi) is 5.02. The van der Waals surface area contributed by atoms with Crippen LogP contribution in [0.15, 0.2) is 42.5 Å². The van der Waals surface area contributed by atoms with Crippen LogP contribution in [0.3, 0.4) is 0 Å². The first-order chi connectivity index (χ1) is 13.9. The fourth-order valence-corrected chi connectivity index (χ4v) is 3.79. The van der Waals surface area contributed by atoms with Crippen molar-refractivity contribution in [3.05, 3.63) is 59.7 Å². The predicted molar refractivity (Wildman–Crippen MR) is 107 cm³/mol. The maximum absolute atomic E-state index is 12.7. The monoisotopic (exact) mass is 393 g/mol. The number of aryl methyl sites for hydroxylation is 1. The quantitative estimate of drug-likeness (QED) is 0.687. The fraction of sp³-hybridized carbons (Fsp3) is 0.333. The molecule has 29 heavy (non-hydrogen) atoms. The highest BCUT2D eigenvalue weighted by Gasteiger charge is 2.34. The largest absolute Gasteiger partial charge is 0.480 e. The lowest BCUT2D eigenvalue weighted by atomic mass is 10.0. The van der Waals surface area contributed by atoms with E-state index in [1.54, 1.807) is 16.4 Å². The molecular formula is C21H23N5O3. The van der Waals surface area contributed by atoms with Gasteiger partial charge in [-0.2, -0.15) is 0 Å². The highest BCUT2D eigenvalue weighted by atomic mass is 16.4. The van der Waals surface area contributed by atoms with E-state index in [4.69, 9.17) is 0 Å². The predicted octanol–water partition coefficient (Wildman–Crippen LogP) is 1.89. The van der Waals surface area contributed by atoms with Gasteiger partial charge in [0.2, 0.25) is 5.91 Å². The first kappa shape index (κ1) is 19.1. The second kappa shape index (κ2) is 7.63. The van der Waals surface area contributed by atoms with Crippen LogP contribution in [0.2, 0.25) is 0 Å². The number of aliphatic carboxylic acids is 1. The topological polar surface area (TPSA) is 100 Å². The molecular weight excluding hydrogens is 370 g/mol. The normalized spacial score (nSPS) is 17.7. The molecule has 8 nitrogen and oxygen atoms in total. The van der Waals surface area contributed by atoms with Crippen molar-refractivity contribution >= 4 is 22.6 Å². The van der Waals surface area contributed by atoms with Crippen molar-refractivity contribution in [3.63, 3.8) is 0 Å². The second-order valence-electron chi connectivity index (χ2n) is 7.43. The molecule has 1 aromatic heterocycles. The van der Waals surface area contributed by atoms with Crippen LogP contribution in [-0.2, 0) is 22.7 Å². The molecule has 0 bridgehead atoms. The summed E-state index contributed by atoms with van der Waals surface area (Å²) in [6.45, 7) is 4.21. The maximum atomic E-state index is 12.7. The summed E-state index contributed by atoms with van der Waals surface area (Å²) in [6.07, 6.45) is 0. The van der Waals surface area contributed by atoms with Crippen molar-refractivity contribution in [1.29, 1.82) is 0 Å². The highest BCUT2D eigenvalue weighted by molar-refractivity contribution is 5.84. The van der Waals surface area contributed by atoms with Crippen LogP contribution >= 0.6 is 0 Å². The van der Waals surface area contributed by atoms with Gasteiger partial charge in [-0.25, -0.2) is 0 Å². The lowest BCUT2D eigenvalue weighted by Gasteiger charge is -2.33. The summed E-state index contributed by atoms with van der Waals surface area (Å²) in [6, 6.07) is 13.2. The number of carbonyl (C=O) groups is 2. The molecule has 1 aliphatic heterocycles. The van der Waals surface area contributed by atoms with Crippen LogP contribution in [0.25, 0.3) is 10.8 Å². The Labute approximate surface area is 168 Å². The third-order valence-electron chi connectivity index (χ3n) is 5.44. The molecule has 0 spiro atoms. The van der Waals surface area contributed by atoms with E-state index in [1.165, 1.54) is 0 Å². The summed E-state index contributed by atoms with van der Waals surface area (Å²) in [5.41, 5.74) is 1.00. The van der Waals surface area contributed by atoms with E-state index in [0.29, 0.717) is 11.6 Å². The molecule has 0 radical (unpaired) electrons. The Bertz CT molecular complexity index is 1080. The number of carboxylic acids is 1. The van der Waals surface area contributed by atoms with Crippen molar-refractivity contribution in [3.8, 4) is 0 Å². The van der Waals surface area contributed by atoms with E-state index in [-0.39, 0.29) is 31.6 Å². The SMILES string of the molecule is Cc1nnc2n1CC(C(=O)O)N(CC(=O)NC(C)c1ccc3ccccc3c1)C2. The summed E-state index contributed by atoms with van der Waals surface area (Å²) in [5.74, 6) is 0.177. The molecule has 2 N–H and O–H groups in total. The van der Waals surface area contributed by atoms with Crippen molar-refractivity contribution in [1.82, 2.24) is 25.0 Å². The van der Waals surface area contributed by atoms with Gasteiger partial charge >= 0.3 is 5.97 Å². The lowest BCUT2D eigenvalue weighted by Crippen LogP contribution is -2.51. The minimum absolute atomic E-state index is 0.0131. The average molecular weight is 393 g/mol. The van der Waals surface area contributed by atoms with Crippen molar-refractivity contribution in [2.45, 2.75) is 39.0 Å². The third kappa shape index (κ3) is 3.84. The van der Waals surface area contributed by atoms with Gasteiger partial charge in [0.25, 0.3) is 0 Å². The molecule has 3 aromatic rings. The molecule has 0 fully saturated rings. The van der Waals surface area contributed by atoms with E-state index in [9.17, 15) is 14.7 Å². The Morgan fingerprint density at radius 3 is 2.72 bits per heavy atom. The zero-order chi connectivity index (χ0) is 20.5. The van der Waals surface area contributed by atoms with Crippen LogP contribution in [0.1, 0.15) is 30.2 Å². The fourth-order valence-electron chi connectivity index (χ4n) is 3.79. The molecule has 4 rings (SSSR count). The van der Waals surface area contributed by atoms with E-state index >= 15 is 0 Å². The third-order valence-corrected chi connectivity index (χ3v) is 5.44. The number of hydrogen-bond acceptors (Lipinski definition) is 5. The van der Waals surface area contributed by atoms with Gasteiger partial charge in [-0.3, -0.25) is 14.5 Å². The van der Waals surface area contributed by atoms with Crippen molar-refractivity contribution < 1.29 is 14.7 Å². The van der Waals surface area contributed by atoms with E-state index in [2.05, 4.69) is 21.6 Å². The van der Waals surface area contributed by atoms with E-state index < -0.39 is 12.0 Å². The van der Waals surface area contributed by atoms with Gasteiger partial charge in [0, 0.05) is 0 Å². The molecule has 1 aliphatic rings. The molecule has 2 heterocycles. The highest BCUT2D eigenvalue weighted by Crippen LogP contribution is 2.21. The van der Waals surface area contributed by atoms with Crippen LogP contribution in [0.5, 0.6) is 0 Å². The number of rotatable bonds is 5. The molecule has 1 amide bonds. The van der Waals surface area contributed by atoms with Crippen molar-refractivity contribution in [2.75, 3.05) is 6.54 Å². The number of aromatic nitrogens is 3. The number of hydrogen-bond donors (Lipinski definition) is 2. The van der Waals surface area contributed by atoms with Gasteiger partial charge in [-0.1, -0.05) is 36.4 Å². The summed E-state index contributed by atoms with van der Waals surface area (Å²) < 4.78 is 1.80. The minimum Gasteiger partial charge on any atom is -0.480 e. The zero-order valence-electron chi connectivity index (χ0n) is 16.4.